The number of hydrogen-bond donors (Lipinski definition) is 5. The number of aryl methyl sites for hydroxylation is 1. The fourth-order valence-electron chi connectivity index (χ4n) is 6.47. The van der Waals surface area contributed by atoms with Gasteiger partial charge in [-0.2, -0.15) is 4.31 Å². The Bertz CT molecular complexity index is 2050. The van der Waals surface area contributed by atoms with Gasteiger partial charge in [0.05, 0.1) is 11.4 Å². The Balaban J connectivity index is 1.21. The van der Waals surface area contributed by atoms with E-state index in [1.165, 1.54) is 13.0 Å². The number of anilines is 2. The van der Waals surface area contributed by atoms with Gasteiger partial charge in [-0.1, -0.05) is 24.3 Å². The number of aromatic amines is 1. The molecule has 0 spiro atoms. The summed E-state index contributed by atoms with van der Waals surface area (Å²) in [5.74, 6) is -1.09. The molecule has 1 atom stereocenters. The van der Waals surface area contributed by atoms with Crippen molar-refractivity contribution in [1.82, 2.24) is 30.2 Å². The number of nitrogens with zero attached hydrogens (tertiary/aromatic N) is 3. The first kappa shape index (κ1) is 35.5. The first-order valence-corrected chi connectivity index (χ1v) is 18.6. The van der Waals surface area contributed by atoms with Gasteiger partial charge in [-0.05, 0) is 73.2 Å². The van der Waals surface area contributed by atoms with Crippen molar-refractivity contribution in [2.45, 2.75) is 50.0 Å². The normalized spacial score (nSPS) is 18.6. The number of nitrogens with one attached hydrogen (secondary N) is 5. The van der Waals surface area contributed by atoms with Crippen LogP contribution in [0.5, 0.6) is 0 Å². The Labute approximate surface area is 296 Å². The van der Waals surface area contributed by atoms with Crippen LogP contribution in [0.15, 0.2) is 71.8 Å². The first-order chi connectivity index (χ1) is 24.6. The number of carbonyl (C=O) groups is 4. The third kappa shape index (κ3) is 8.37. The Hall–Kier alpha value is -5.28. The zero-order chi connectivity index (χ0) is 36.0. The highest BCUT2D eigenvalue weighted by atomic mass is 32.2. The Morgan fingerprint density at radius 3 is 2.57 bits per heavy atom. The smallest absolute Gasteiger partial charge is 0.270 e. The Kier molecular flexibility index (Phi) is 11.0. The molecule has 0 unspecified atom stereocenters. The summed E-state index contributed by atoms with van der Waals surface area (Å²) in [5.41, 5.74) is 3.36. The molecule has 0 fully saturated rings. The van der Waals surface area contributed by atoms with E-state index in [1.807, 2.05) is 30.5 Å². The molecule has 5 N–H and O–H groups in total. The molecule has 4 heterocycles. The molecule has 51 heavy (non-hydrogen) atoms. The summed E-state index contributed by atoms with van der Waals surface area (Å²) in [7, 11) is -4.10. The Morgan fingerprint density at radius 1 is 0.902 bits per heavy atom. The van der Waals surface area contributed by atoms with E-state index in [1.54, 1.807) is 35.2 Å². The van der Waals surface area contributed by atoms with E-state index < -0.39 is 40.3 Å². The van der Waals surface area contributed by atoms with Crippen molar-refractivity contribution in [1.29, 1.82) is 0 Å². The molecule has 2 aliphatic rings. The number of H-pyrrole nitrogens is 1. The van der Waals surface area contributed by atoms with Gasteiger partial charge in [-0.25, -0.2) is 13.4 Å². The van der Waals surface area contributed by atoms with Gasteiger partial charge in [0.25, 0.3) is 5.91 Å². The van der Waals surface area contributed by atoms with Crippen LogP contribution < -0.4 is 26.2 Å². The van der Waals surface area contributed by atoms with Gasteiger partial charge in [0.1, 0.15) is 17.6 Å². The summed E-state index contributed by atoms with van der Waals surface area (Å²) in [6.45, 7) is 2.35. The molecule has 2 aromatic heterocycles. The lowest BCUT2D eigenvalue weighted by molar-refractivity contribution is -0.123. The van der Waals surface area contributed by atoms with Crippen molar-refractivity contribution < 1.29 is 27.6 Å². The third-order valence-corrected chi connectivity index (χ3v) is 10.9. The van der Waals surface area contributed by atoms with E-state index in [0.29, 0.717) is 43.7 Å². The van der Waals surface area contributed by atoms with Crippen LogP contribution in [0.1, 0.15) is 47.8 Å². The molecule has 0 saturated carbocycles. The maximum Gasteiger partial charge on any atom is 0.270 e. The molecular weight excluding hydrogens is 673 g/mol. The van der Waals surface area contributed by atoms with E-state index >= 15 is 0 Å². The minimum Gasteiger partial charge on any atom is -0.368 e. The molecule has 6 rings (SSSR count). The van der Waals surface area contributed by atoms with Crippen LogP contribution >= 0.6 is 0 Å². The summed E-state index contributed by atoms with van der Waals surface area (Å²) in [5, 5.41) is 12.5. The monoisotopic (exact) mass is 714 g/mol. The lowest BCUT2D eigenvalue weighted by atomic mass is 10.0. The second kappa shape index (κ2) is 15.7. The second-order valence-corrected chi connectivity index (χ2v) is 14.6. The van der Waals surface area contributed by atoms with Crippen molar-refractivity contribution in [2.24, 2.45) is 0 Å². The number of rotatable bonds is 4. The summed E-state index contributed by atoms with van der Waals surface area (Å²) < 4.78 is 29.2. The molecule has 2 bridgehead atoms. The first-order valence-electron chi connectivity index (χ1n) is 17.1. The van der Waals surface area contributed by atoms with Crippen molar-refractivity contribution in [3.8, 4) is 0 Å². The highest BCUT2D eigenvalue weighted by molar-refractivity contribution is 7.89. The molecule has 0 saturated heterocycles. The number of para-hydroxylation sites is 1. The molecular formula is C36H42N8O6S. The summed E-state index contributed by atoms with van der Waals surface area (Å²) in [6, 6.07) is 16.4. The number of amides is 4. The molecule has 0 radical (unpaired) electrons. The van der Waals surface area contributed by atoms with Gasteiger partial charge < -0.3 is 31.2 Å². The van der Waals surface area contributed by atoms with Crippen LogP contribution in [0.3, 0.4) is 0 Å². The van der Waals surface area contributed by atoms with Crippen LogP contribution in [-0.4, -0.2) is 91.6 Å². The highest BCUT2D eigenvalue weighted by Gasteiger charge is 2.29. The number of benzene rings is 2. The molecule has 2 aromatic carbocycles. The van der Waals surface area contributed by atoms with Crippen LogP contribution in [-0.2, 0) is 37.2 Å². The van der Waals surface area contributed by atoms with Crippen LogP contribution in [0.4, 0.5) is 11.5 Å². The molecule has 15 heteroatoms. The molecule has 0 aliphatic carbocycles. The average Bonchev–Trinajstić information content (AvgIpc) is 3.54. The SMILES string of the molecule is CC(=O)N1CCCc2cc(S(=O)(=O)N3CCCCNC(=O)[C@H](Cc4c[nH]c5ccccc45)NC(=O)c4cccc(n4)NCCNC(=O)C3)ccc21. The van der Waals surface area contributed by atoms with Crippen LogP contribution in [0, 0.1) is 0 Å². The maximum absolute atomic E-state index is 14.0. The van der Waals surface area contributed by atoms with Gasteiger partial charge in [0.15, 0.2) is 0 Å². The lowest BCUT2D eigenvalue weighted by Gasteiger charge is -2.29. The van der Waals surface area contributed by atoms with Crippen molar-refractivity contribution in [3.05, 3.63) is 83.7 Å². The van der Waals surface area contributed by atoms with E-state index in [2.05, 4.69) is 31.2 Å². The van der Waals surface area contributed by atoms with Gasteiger partial charge in [0.2, 0.25) is 27.7 Å². The minimum absolute atomic E-state index is 0.0335. The fourth-order valence-corrected chi connectivity index (χ4v) is 7.96. The van der Waals surface area contributed by atoms with Crippen molar-refractivity contribution in [3.63, 3.8) is 0 Å². The average molecular weight is 715 g/mol. The quantitative estimate of drug-likeness (QED) is 0.213. The summed E-state index contributed by atoms with van der Waals surface area (Å²) in [6.07, 6.45) is 4.17. The topological polar surface area (TPSA) is 186 Å². The Morgan fingerprint density at radius 2 is 1.73 bits per heavy atom. The van der Waals surface area contributed by atoms with Crippen molar-refractivity contribution in [2.75, 3.05) is 49.5 Å². The van der Waals surface area contributed by atoms with Crippen LogP contribution in [0.25, 0.3) is 10.9 Å². The van der Waals surface area contributed by atoms with Crippen molar-refractivity contribution >= 4 is 56.1 Å². The number of hydrogen-bond acceptors (Lipinski definition) is 8. The number of pyridine rings is 1. The van der Waals surface area contributed by atoms with Gasteiger partial charge in [-0.15, -0.1) is 0 Å². The van der Waals surface area contributed by atoms with E-state index in [0.717, 1.165) is 26.3 Å². The number of fused-ring (bicyclic) bond motifs is 4. The number of sulfonamides is 1. The molecule has 4 aromatic rings. The molecule has 268 valence electrons. The minimum atomic E-state index is -4.10. The second-order valence-electron chi connectivity index (χ2n) is 12.7. The molecule has 4 amide bonds. The standard InChI is InChI=1S/C36H42N8O6S/c1-24(45)44-19-7-8-25-20-27(13-14-32(25)44)51(49,50)43-18-5-4-15-39-35(47)31(21-26-22-40-29-10-3-2-9-28(26)29)42-36(48)30-11-6-12-33(41-30)37-16-17-38-34(46)23-43/h2-3,6,9-14,20,22,31,40H,4-5,7-8,15-19,21,23H2,1H3,(H,37,41)(H,38,46)(H,39,47)(H,42,48)/t31-/m0/s1. The third-order valence-electron chi connectivity index (χ3n) is 9.10. The van der Waals surface area contributed by atoms with Crippen LogP contribution in [0.2, 0.25) is 0 Å². The van der Waals surface area contributed by atoms with Gasteiger partial charge in [-0.3, -0.25) is 19.2 Å². The molecule has 2 aliphatic heterocycles. The fraction of sp³-hybridized carbons (Fsp3) is 0.361. The number of carbonyl (C=O) groups excluding carboxylic acids is 4. The summed E-state index contributed by atoms with van der Waals surface area (Å²) >= 11 is 0. The van der Waals surface area contributed by atoms with E-state index in [9.17, 15) is 27.6 Å². The zero-order valence-electron chi connectivity index (χ0n) is 28.4. The predicted octanol–water partition coefficient (Wildman–Crippen LogP) is 2.33. The largest absolute Gasteiger partial charge is 0.368 e. The van der Waals surface area contributed by atoms with Gasteiger partial charge >= 0.3 is 0 Å². The predicted molar refractivity (Wildman–Crippen MR) is 193 cm³/mol. The number of aromatic nitrogens is 2. The maximum atomic E-state index is 14.0. The molecule has 14 nitrogen and oxygen atoms in total. The summed E-state index contributed by atoms with van der Waals surface area (Å²) in [4.78, 5) is 61.4. The van der Waals surface area contributed by atoms with E-state index in [4.69, 9.17) is 0 Å². The highest BCUT2D eigenvalue weighted by Crippen LogP contribution is 2.30. The van der Waals surface area contributed by atoms with E-state index in [-0.39, 0.29) is 49.1 Å². The zero-order valence-corrected chi connectivity index (χ0v) is 29.2. The van der Waals surface area contributed by atoms with Gasteiger partial charge in [0, 0.05) is 68.9 Å². The lowest BCUT2D eigenvalue weighted by Crippen LogP contribution is -2.48.